The van der Waals surface area contributed by atoms with Crippen LogP contribution in [-0.2, 0) is 6.54 Å². The van der Waals surface area contributed by atoms with Gasteiger partial charge in [-0.05, 0) is 41.1 Å². The Balaban J connectivity index is 2.17. The molecule has 0 N–H and O–H groups in total. The summed E-state index contributed by atoms with van der Waals surface area (Å²) < 4.78 is 47.6. The molecule has 4 nitrogen and oxygen atoms in total. The van der Waals surface area contributed by atoms with Crippen molar-refractivity contribution in [3.63, 3.8) is 0 Å². The van der Waals surface area contributed by atoms with Gasteiger partial charge in [0.25, 0.3) is 0 Å². The van der Waals surface area contributed by atoms with E-state index in [9.17, 15) is 13.2 Å². The van der Waals surface area contributed by atoms with Crippen LogP contribution >= 0.6 is 15.9 Å². The molecule has 8 heteroatoms. The van der Waals surface area contributed by atoms with E-state index in [0.29, 0.717) is 18.3 Å². The van der Waals surface area contributed by atoms with Gasteiger partial charge in [-0.15, -0.1) is 13.2 Å². The summed E-state index contributed by atoms with van der Waals surface area (Å²) in [5, 5.41) is 0. The van der Waals surface area contributed by atoms with Crippen LogP contribution in [0.15, 0.2) is 35.1 Å². The van der Waals surface area contributed by atoms with E-state index in [1.165, 1.54) is 18.2 Å². The summed E-state index contributed by atoms with van der Waals surface area (Å²) in [4.78, 5) is 4.01. The zero-order valence-electron chi connectivity index (χ0n) is 10.3. The SMILES string of the molecule is CCn1ccnc1Oc1ccc(OC(F)(F)F)c(Br)c1. The zero-order chi connectivity index (χ0) is 14.8. The van der Waals surface area contributed by atoms with Crippen molar-refractivity contribution in [2.45, 2.75) is 19.8 Å². The lowest BCUT2D eigenvalue weighted by Gasteiger charge is -2.12. The smallest absolute Gasteiger partial charge is 0.425 e. The predicted octanol–water partition coefficient (Wildman–Crippen LogP) is 4.36. The number of imidazole rings is 1. The molecule has 0 fully saturated rings. The fraction of sp³-hybridized carbons (Fsp3) is 0.250. The normalized spacial score (nSPS) is 11.4. The standard InChI is InChI=1S/C12H10BrF3N2O2/c1-2-18-6-5-17-11(18)19-8-3-4-10(9(13)7-8)20-12(14,15)16/h3-7H,2H2,1H3. The molecule has 20 heavy (non-hydrogen) atoms. The Labute approximate surface area is 121 Å². The maximum atomic E-state index is 12.1. The van der Waals surface area contributed by atoms with Gasteiger partial charge in [0.05, 0.1) is 4.47 Å². The van der Waals surface area contributed by atoms with Crippen LogP contribution in [0.5, 0.6) is 17.5 Å². The second-order valence-corrected chi connectivity index (χ2v) is 4.59. The first-order valence-electron chi connectivity index (χ1n) is 5.63. The maximum Gasteiger partial charge on any atom is 0.573 e. The number of alkyl halides is 3. The molecule has 108 valence electrons. The minimum Gasteiger partial charge on any atom is -0.425 e. The summed E-state index contributed by atoms with van der Waals surface area (Å²) >= 11 is 3.01. The van der Waals surface area contributed by atoms with Gasteiger partial charge >= 0.3 is 12.4 Å². The summed E-state index contributed by atoms with van der Waals surface area (Å²) in [6.45, 7) is 2.59. The molecule has 0 atom stereocenters. The van der Waals surface area contributed by atoms with Crippen molar-refractivity contribution in [1.82, 2.24) is 9.55 Å². The average Bonchev–Trinajstić information content (AvgIpc) is 2.78. The first-order valence-corrected chi connectivity index (χ1v) is 6.42. The molecule has 0 saturated carbocycles. The molecule has 0 aliphatic rings. The number of ether oxygens (including phenoxy) is 2. The molecular formula is C12H10BrF3N2O2. The molecule has 0 spiro atoms. The Morgan fingerprint density at radius 3 is 2.70 bits per heavy atom. The lowest BCUT2D eigenvalue weighted by Crippen LogP contribution is -2.17. The molecule has 0 saturated heterocycles. The number of aromatic nitrogens is 2. The van der Waals surface area contributed by atoms with Crippen LogP contribution in [0.4, 0.5) is 13.2 Å². The molecule has 1 aromatic carbocycles. The second kappa shape index (κ2) is 5.74. The highest BCUT2D eigenvalue weighted by Crippen LogP contribution is 2.34. The van der Waals surface area contributed by atoms with Crippen LogP contribution in [0.1, 0.15) is 6.92 Å². The number of benzene rings is 1. The van der Waals surface area contributed by atoms with Gasteiger partial charge in [0.2, 0.25) is 0 Å². The fourth-order valence-corrected chi connectivity index (χ4v) is 1.94. The van der Waals surface area contributed by atoms with Gasteiger partial charge in [-0.3, -0.25) is 0 Å². The van der Waals surface area contributed by atoms with Crippen LogP contribution in [0, 0.1) is 0 Å². The van der Waals surface area contributed by atoms with Crippen LogP contribution in [0.2, 0.25) is 0 Å². The van der Waals surface area contributed by atoms with Gasteiger partial charge in [0, 0.05) is 18.9 Å². The summed E-state index contributed by atoms with van der Waals surface area (Å²) in [7, 11) is 0. The molecule has 0 aliphatic heterocycles. The summed E-state index contributed by atoms with van der Waals surface area (Å²) in [5.74, 6) is 0.0241. The molecule has 1 heterocycles. The average molecular weight is 351 g/mol. The van der Waals surface area contributed by atoms with Crippen molar-refractivity contribution < 1.29 is 22.6 Å². The van der Waals surface area contributed by atoms with Gasteiger partial charge in [-0.25, -0.2) is 4.98 Å². The van der Waals surface area contributed by atoms with E-state index in [2.05, 4.69) is 25.7 Å². The highest BCUT2D eigenvalue weighted by molar-refractivity contribution is 9.10. The molecule has 0 amide bonds. The first kappa shape index (κ1) is 14.7. The Bertz CT molecular complexity index is 599. The highest BCUT2D eigenvalue weighted by Gasteiger charge is 2.32. The number of hydrogen-bond donors (Lipinski definition) is 0. The first-order chi connectivity index (χ1) is 9.39. The van der Waals surface area contributed by atoms with Crippen molar-refractivity contribution in [2.24, 2.45) is 0 Å². The van der Waals surface area contributed by atoms with Gasteiger partial charge in [-0.2, -0.15) is 0 Å². The minimum atomic E-state index is -4.73. The maximum absolute atomic E-state index is 12.1. The third-order valence-electron chi connectivity index (χ3n) is 2.36. The Hall–Kier alpha value is -1.70. The fourth-order valence-electron chi connectivity index (χ4n) is 1.50. The van der Waals surface area contributed by atoms with Crippen LogP contribution < -0.4 is 9.47 Å². The molecule has 2 aromatic rings. The van der Waals surface area contributed by atoms with Gasteiger partial charge in [-0.1, -0.05) is 0 Å². The number of nitrogens with zero attached hydrogens (tertiary/aromatic N) is 2. The summed E-state index contributed by atoms with van der Waals surface area (Å²) in [6.07, 6.45) is -1.41. The predicted molar refractivity (Wildman–Crippen MR) is 68.8 cm³/mol. The van der Waals surface area contributed by atoms with Crippen LogP contribution in [-0.4, -0.2) is 15.9 Å². The molecule has 1 aromatic heterocycles. The largest absolute Gasteiger partial charge is 0.573 e. The van der Waals surface area contributed by atoms with Crippen molar-refractivity contribution >= 4 is 15.9 Å². The summed E-state index contributed by atoms with van der Waals surface area (Å²) in [5.41, 5.74) is 0. The molecule has 2 rings (SSSR count). The molecule has 0 unspecified atom stereocenters. The van der Waals surface area contributed by atoms with Crippen LogP contribution in [0.25, 0.3) is 0 Å². The van der Waals surface area contributed by atoms with E-state index in [1.807, 2.05) is 6.92 Å². The molecule has 0 radical (unpaired) electrons. The highest BCUT2D eigenvalue weighted by atomic mass is 79.9. The van der Waals surface area contributed by atoms with E-state index < -0.39 is 6.36 Å². The minimum absolute atomic E-state index is 0.141. The number of aryl methyl sites for hydroxylation is 1. The van der Waals surface area contributed by atoms with E-state index in [4.69, 9.17) is 4.74 Å². The van der Waals surface area contributed by atoms with Crippen molar-refractivity contribution in [1.29, 1.82) is 0 Å². The molecule has 0 aliphatic carbocycles. The third-order valence-corrected chi connectivity index (χ3v) is 2.98. The van der Waals surface area contributed by atoms with Crippen LogP contribution in [0.3, 0.4) is 0 Å². The van der Waals surface area contributed by atoms with E-state index in [-0.39, 0.29) is 10.2 Å². The Morgan fingerprint density at radius 2 is 2.10 bits per heavy atom. The third kappa shape index (κ3) is 3.66. The van der Waals surface area contributed by atoms with E-state index >= 15 is 0 Å². The number of hydrogen-bond acceptors (Lipinski definition) is 3. The van der Waals surface area contributed by atoms with Gasteiger partial charge < -0.3 is 14.0 Å². The topological polar surface area (TPSA) is 36.3 Å². The van der Waals surface area contributed by atoms with E-state index in [0.717, 1.165) is 0 Å². The van der Waals surface area contributed by atoms with Gasteiger partial charge in [0.1, 0.15) is 11.5 Å². The Kier molecular flexibility index (Phi) is 4.22. The monoisotopic (exact) mass is 350 g/mol. The van der Waals surface area contributed by atoms with Gasteiger partial charge in [0.15, 0.2) is 0 Å². The molecule has 0 bridgehead atoms. The number of rotatable bonds is 4. The van der Waals surface area contributed by atoms with Crippen molar-refractivity contribution in [2.75, 3.05) is 0 Å². The van der Waals surface area contributed by atoms with Crippen molar-refractivity contribution in [3.05, 3.63) is 35.1 Å². The Morgan fingerprint density at radius 1 is 1.35 bits per heavy atom. The van der Waals surface area contributed by atoms with Crippen molar-refractivity contribution in [3.8, 4) is 17.5 Å². The lowest BCUT2D eigenvalue weighted by molar-refractivity contribution is -0.274. The second-order valence-electron chi connectivity index (χ2n) is 3.74. The summed E-state index contributed by atoms with van der Waals surface area (Å²) in [6, 6.07) is 4.30. The van der Waals surface area contributed by atoms with E-state index in [1.54, 1.807) is 17.0 Å². The molecular weight excluding hydrogens is 341 g/mol. The zero-order valence-corrected chi connectivity index (χ0v) is 11.9. The quantitative estimate of drug-likeness (QED) is 0.822. The lowest BCUT2D eigenvalue weighted by atomic mass is 10.3. The number of halogens is 4.